The molecular weight excluding hydrogens is 434 g/mol. The molecule has 0 aromatic rings. The van der Waals surface area contributed by atoms with Crippen LogP contribution in [0.2, 0.25) is 0 Å². The molecule has 0 saturated carbocycles. The molecule has 0 spiro atoms. The van der Waals surface area contributed by atoms with Gasteiger partial charge >= 0.3 is 12.1 Å². The number of carbonyl (C=O) groups is 4. The van der Waals surface area contributed by atoms with E-state index in [0.717, 1.165) is 0 Å². The maximum Gasteiger partial charge on any atom is 0.408 e. The van der Waals surface area contributed by atoms with E-state index in [9.17, 15) is 19.2 Å². The van der Waals surface area contributed by atoms with Crippen molar-refractivity contribution in [2.75, 3.05) is 26.9 Å². The highest BCUT2D eigenvalue weighted by Gasteiger charge is 2.31. The summed E-state index contributed by atoms with van der Waals surface area (Å²) in [5.41, 5.74) is -1.94. The van der Waals surface area contributed by atoms with Crippen molar-refractivity contribution in [1.82, 2.24) is 16.0 Å². The van der Waals surface area contributed by atoms with Crippen molar-refractivity contribution in [1.29, 1.82) is 0 Å². The molecule has 0 bridgehead atoms. The summed E-state index contributed by atoms with van der Waals surface area (Å²) in [5, 5.41) is 7.42. The summed E-state index contributed by atoms with van der Waals surface area (Å²) in [6, 6.07) is -2.29. The van der Waals surface area contributed by atoms with E-state index in [-0.39, 0.29) is 19.8 Å². The molecule has 192 valence electrons. The van der Waals surface area contributed by atoms with Crippen LogP contribution in [0.1, 0.15) is 62.3 Å². The van der Waals surface area contributed by atoms with Crippen molar-refractivity contribution in [2.45, 2.75) is 91.2 Å². The number of amides is 3. The number of nitrogens with one attached hydrogen (secondary N) is 3. The molecule has 11 nitrogen and oxygen atoms in total. The Bertz CT molecular complexity index is 675. The predicted molar refractivity (Wildman–Crippen MR) is 122 cm³/mol. The van der Waals surface area contributed by atoms with E-state index >= 15 is 0 Å². The molecule has 0 aliphatic rings. The smallest absolute Gasteiger partial charge is 0.408 e. The van der Waals surface area contributed by atoms with Crippen LogP contribution in [0.15, 0.2) is 0 Å². The number of ether oxygens (including phenoxy) is 4. The number of esters is 1. The largest absolute Gasteiger partial charge is 0.468 e. The zero-order valence-electron chi connectivity index (χ0n) is 21.5. The molecule has 0 aromatic heterocycles. The van der Waals surface area contributed by atoms with E-state index in [1.807, 2.05) is 0 Å². The second kappa shape index (κ2) is 12.7. The van der Waals surface area contributed by atoms with Gasteiger partial charge in [-0.25, -0.2) is 4.79 Å². The van der Waals surface area contributed by atoms with E-state index in [1.54, 1.807) is 62.3 Å². The minimum Gasteiger partial charge on any atom is -0.468 e. The summed E-state index contributed by atoms with van der Waals surface area (Å²) in [6.07, 6.45) is -0.808. The van der Waals surface area contributed by atoms with Crippen LogP contribution in [0.4, 0.5) is 4.79 Å². The van der Waals surface area contributed by atoms with Crippen LogP contribution >= 0.6 is 0 Å². The lowest BCUT2D eigenvalue weighted by Gasteiger charge is -2.28. The fourth-order valence-electron chi connectivity index (χ4n) is 2.11. The van der Waals surface area contributed by atoms with Gasteiger partial charge in [0.1, 0.15) is 24.2 Å². The molecule has 3 N–H and O–H groups in total. The van der Waals surface area contributed by atoms with Gasteiger partial charge in [0.15, 0.2) is 0 Å². The normalized spacial score (nSPS) is 14.0. The number of alkyl carbamates (subject to hydrolysis) is 1. The van der Waals surface area contributed by atoms with Gasteiger partial charge in [-0.05, 0) is 62.3 Å². The molecule has 11 heteroatoms. The summed E-state index contributed by atoms with van der Waals surface area (Å²) in [6.45, 7) is 15.2. The molecule has 0 fully saturated rings. The number of carbonyl (C=O) groups excluding carboxylic acids is 4. The standard InChI is InChI=1S/C22H41N3O8/c1-20(2,3)31-12-14(17(27)23-11-16(26)30-10)24-18(28)15(13-32-21(4,5)6)25-19(29)33-22(7,8)9/h14-15H,11-13H2,1-10H3,(H,23,27)(H,24,28)(H,25,29)/t14-,15-/m0/s1. The van der Waals surface area contributed by atoms with Crippen LogP contribution in [-0.2, 0) is 33.3 Å². The molecule has 0 rings (SSSR count). The number of hydrogen-bond acceptors (Lipinski definition) is 8. The maximum absolute atomic E-state index is 13.0. The Morgan fingerprint density at radius 1 is 0.697 bits per heavy atom. The van der Waals surface area contributed by atoms with Gasteiger partial charge < -0.3 is 34.9 Å². The fraction of sp³-hybridized carbons (Fsp3) is 0.818. The van der Waals surface area contributed by atoms with Crippen LogP contribution in [0, 0.1) is 0 Å². The highest BCUT2D eigenvalue weighted by Crippen LogP contribution is 2.11. The van der Waals surface area contributed by atoms with Crippen LogP contribution < -0.4 is 16.0 Å². The van der Waals surface area contributed by atoms with Gasteiger partial charge in [-0.3, -0.25) is 14.4 Å². The van der Waals surface area contributed by atoms with E-state index in [1.165, 1.54) is 7.11 Å². The molecule has 2 atom stereocenters. The average molecular weight is 476 g/mol. The molecule has 0 aliphatic carbocycles. The first-order valence-electron chi connectivity index (χ1n) is 10.8. The van der Waals surface area contributed by atoms with Crippen LogP contribution in [0.3, 0.4) is 0 Å². The number of methoxy groups -OCH3 is 1. The minimum atomic E-state index is -1.15. The van der Waals surface area contributed by atoms with Crippen molar-refractivity contribution in [3.8, 4) is 0 Å². The molecule has 0 aromatic carbocycles. The van der Waals surface area contributed by atoms with Gasteiger partial charge in [-0.15, -0.1) is 0 Å². The quantitative estimate of drug-likeness (QED) is 0.401. The fourth-order valence-corrected chi connectivity index (χ4v) is 2.11. The van der Waals surface area contributed by atoms with Gasteiger partial charge in [-0.1, -0.05) is 0 Å². The van der Waals surface area contributed by atoms with E-state index in [4.69, 9.17) is 14.2 Å². The Kier molecular flexibility index (Phi) is 11.8. The van der Waals surface area contributed by atoms with E-state index < -0.39 is 52.8 Å². The van der Waals surface area contributed by atoms with Crippen molar-refractivity contribution < 1.29 is 38.1 Å². The second-order valence-corrected chi connectivity index (χ2v) is 10.4. The zero-order chi connectivity index (χ0) is 26.0. The number of rotatable bonds is 10. The summed E-state index contributed by atoms with van der Waals surface area (Å²) >= 11 is 0. The van der Waals surface area contributed by atoms with Gasteiger partial charge in [0, 0.05) is 0 Å². The van der Waals surface area contributed by atoms with Crippen molar-refractivity contribution in [2.24, 2.45) is 0 Å². The summed E-state index contributed by atoms with van der Waals surface area (Å²) in [4.78, 5) is 49.2. The lowest BCUT2D eigenvalue weighted by molar-refractivity contribution is -0.142. The highest BCUT2D eigenvalue weighted by atomic mass is 16.6. The van der Waals surface area contributed by atoms with E-state index in [0.29, 0.717) is 0 Å². The molecule has 0 heterocycles. The van der Waals surface area contributed by atoms with Gasteiger partial charge in [0.2, 0.25) is 11.8 Å². The van der Waals surface area contributed by atoms with E-state index in [2.05, 4.69) is 20.7 Å². The first-order valence-corrected chi connectivity index (χ1v) is 10.8. The van der Waals surface area contributed by atoms with Crippen molar-refractivity contribution in [3.63, 3.8) is 0 Å². The third-order valence-electron chi connectivity index (χ3n) is 3.64. The summed E-state index contributed by atoms with van der Waals surface area (Å²) < 4.78 is 21.1. The van der Waals surface area contributed by atoms with Crippen molar-refractivity contribution >= 4 is 23.9 Å². The third kappa shape index (κ3) is 15.9. The predicted octanol–water partition coefficient (Wildman–Crippen LogP) is 1.28. The van der Waals surface area contributed by atoms with Crippen molar-refractivity contribution in [3.05, 3.63) is 0 Å². The Hall–Kier alpha value is -2.40. The van der Waals surface area contributed by atoms with Crippen LogP contribution in [0.25, 0.3) is 0 Å². The van der Waals surface area contributed by atoms with Crippen LogP contribution in [0.5, 0.6) is 0 Å². The lowest BCUT2D eigenvalue weighted by atomic mass is 10.1. The molecule has 0 aliphatic heterocycles. The SMILES string of the molecule is COC(=O)CNC(=O)[C@H](COC(C)(C)C)NC(=O)[C@H](COC(C)(C)C)NC(=O)OC(C)(C)C. The minimum absolute atomic E-state index is 0.162. The molecule has 33 heavy (non-hydrogen) atoms. The molecule has 0 saturated heterocycles. The van der Waals surface area contributed by atoms with Crippen LogP contribution in [-0.4, -0.2) is 79.6 Å². The molecule has 3 amide bonds. The Balaban J connectivity index is 5.50. The first kappa shape index (κ1) is 30.6. The average Bonchev–Trinajstić information content (AvgIpc) is 2.62. The second-order valence-electron chi connectivity index (χ2n) is 10.4. The summed E-state index contributed by atoms with van der Waals surface area (Å²) in [5.74, 6) is -1.97. The molecule has 0 unspecified atom stereocenters. The maximum atomic E-state index is 13.0. The van der Waals surface area contributed by atoms with Gasteiger partial charge in [-0.2, -0.15) is 0 Å². The summed E-state index contributed by atoms with van der Waals surface area (Å²) in [7, 11) is 1.19. The lowest BCUT2D eigenvalue weighted by Crippen LogP contribution is -2.58. The topological polar surface area (TPSA) is 141 Å². The highest BCUT2D eigenvalue weighted by molar-refractivity contribution is 5.92. The molecule has 0 radical (unpaired) electrons. The zero-order valence-corrected chi connectivity index (χ0v) is 21.5. The monoisotopic (exact) mass is 475 g/mol. The Morgan fingerprint density at radius 3 is 1.55 bits per heavy atom. The number of hydrogen-bond donors (Lipinski definition) is 3. The Labute approximate surface area is 196 Å². The first-order chi connectivity index (χ1) is 14.8. The van der Waals surface area contributed by atoms with Gasteiger partial charge in [0.25, 0.3) is 0 Å². The molecular formula is C22H41N3O8. The Morgan fingerprint density at radius 2 is 1.15 bits per heavy atom. The van der Waals surface area contributed by atoms with Gasteiger partial charge in [0.05, 0.1) is 31.5 Å². The third-order valence-corrected chi connectivity index (χ3v) is 3.64.